The van der Waals surface area contributed by atoms with Crippen molar-refractivity contribution in [3.8, 4) is 0 Å². The first-order valence-corrected chi connectivity index (χ1v) is 6.22. The molecule has 0 aliphatic carbocycles. The Bertz CT molecular complexity index is 398. The Morgan fingerprint density at radius 2 is 2.29 bits per heavy atom. The fourth-order valence-electron chi connectivity index (χ4n) is 2.64. The second-order valence-electron chi connectivity index (χ2n) is 4.71. The minimum absolute atomic E-state index is 0.0260. The van der Waals surface area contributed by atoms with Crippen LogP contribution in [0.2, 0.25) is 0 Å². The number of hydrogen-bond acceptors (Lipinski definition) is 3. The van der Waals surface area contributed by atoms with Crippen molar-refractivity contribution in [3.05, 3.63) is 24.0 Å². The van der Waals surface area contributed by atoms with Crippen LogP contribution in [0.15, 0.2) is 18.3 Å². The summed E-state index contributed by atoms with van der Waals surface area (Å²) in [6.45, 7) is 4.49. The molecule has 0 aromatic carbocycles. The minimum atomic E-state index is 0.0260. The molecule has 1 saturated heterocycles. The zero-order valence-corrected chi connectivity index (χ0v) is 10.5. The number of pyridine rings is 1. The molecule has 0 bridgehead atoms. The first-order chi connectivity index (χ1) is 8.13. The molecule has 1 fully saturated rings. The summed E-state index contributed by atoms with van der Waals surface area (Å²) in [5.41, 5.74) is 7.10. The number of hydrogen-bond donors (Lipinski definition) is 2. The van der Waals surface area contributed by atoms with Gasteiger partial charge in [-0.1, -0.05) is 6.92 Å². The quantitative estimate of drug-likeness (QED) is 0.619. The topological polar surface area (TPSA) is 66.0 Å². The lowest BCUT2D eigenvalue weighted by molar-refractivity contribution is 0.627. The molecule has 1 aliphatic heterocycles. The van der Waals surface area contributed by atoms with E-state index in [1.807, 2.05) is 18.3 Å². The van der Waals surface area contributed by atoms with Crippen LogP contribution in [0.3, 0.4) is 0 Å². The Balaban J connectivity index is 2.24. The van der Waals surface area contributed by atoms with Crippen molar-refractivity contribution in [2.24, 2.45) is 5.73 Å². The molecule has 4 heteroatoms. The molecule has 4 nitrogen and oxygen atoms in total. The van der Waals surface area contributed by atoms with Gasteiger partial charge < -0.3 is 10.6 Å². The number of amidine groups is 1. The molecule has 0 radical (unpaired) electrons. The minimum Gasteiger partial charge on any atom is -0.382 e. The van der Waals surface area contributed by atoms with Crippen molar-refractivity contribution in [2.75, 3.05) is 4.90 Å². The Morgan fingerprint density at radius 3 is 2.82 bits per heavy atom. The highest BCUT2D eigenvalue weighted by Crippen LogP contribution is 2.31. The van der Waals surface area contributed by atoms with Crippen molar-refractivity contribution in [3.63, 3.8) is 0 Å². The molecule has 17 heavy (non-hydrogen) atoms. The summed E-state index contributed by atoms with van der Waals surface area (Å²) in [5.74, 6) is 0.0260. The normalized spacial score (nSPS) is 24.0. The van der Waals surface area contributed by atoms with Crippen LogP contribution in [0.5, 0.6) is 0 Å². The average Bonchev–Trinajstić information content (AvgIpc) is 2.70. The number of nitrogens with zero attached hydrogens (tertiary/aromatic N) is 2. The predicted octanol–water partition coefficient (Wildman–Crippen LogP) is 2.13. The third-order valence-electron chi connectivity index (χ3n) is 3.58. The van der Waals surface area contributed by atoms with E-state index in [1.165, 1.54) is 19.3 Å². The Morgan fingerprint density at radius 1 is 1.53 bits per heavy atom. The van der Waals surface area contributed by atoms with Crippen molar-refractivity contribution >= 4 is 11.5 Å². The molecule has 1 aromatic rings. The van der Waals surface area contributed by atoms with Gasteiger partial charge in [0.1, 0.15) is 11.5 Å². The summed E-state index contributed by atoms with van der Waals surface area (Å²) in [6, 6.07) is 5.05. The van der Waals surface area contributed by atoms with E-state index in [1.54, 1.807) is 0 Å². The summed E-state index contributed by atoms with van der Waals surface area (Å²) in [4.78, 5) is 6.68. The van der Waals surface area contributed by atoms with E-state index in [0.717, 1.165) is 5.69 Å². The van der Waals surface area contributed by atoms with Crippen LogP contribution in [0.25, 0.3) is 0 Å². The molecular formula is C13H20N4. The molecule has 0 amide bonds. The van der Waals surface area contributed by atoms with E-state index < -0.39 is 0 Å². The number of nitrogens with two attached hydrogens (primary N) is 1. The van der Waals surface area contributed by atoms with E-state index in [-0.39, 0.29) is 5.84 Å². The lowest BCUT2D eigenvalue weighted by Gasteiger charge is -2.30. The molecule has 0 saturated carbocycles. The lowest BCUT2D eigenvalue weighted by Crippen LogP contribution is -2.34. The third kappa shape index (κ3) is 2.25. The number of rotatable bonds is 3. The second kappa shape index (κ2) is 4.73. The van der Waals surface area contributed by atoms with Crippen LogP contribution in [-0.4, -0.2) is 22.9 Å². The summed E-state index contributed by atoms with van der Waals surface area (Å²) < 4.78 is 0. The number of nitrogen functional groups attached to an aromatic ring is 1. The van der Waals surface area contributed by atoms with Gasteiger partial charge in [-0.25, -0.2) is 0 Å². The standard InChI is InChI=1S/C13H20N4/c1-3-10-5-4-9(2)17(10)11-6-7-12(13(14)15)16-8-11/h6-10H,3-5H2,1-2H3,(H3,14,15). The van der Waals surface area contributed by atoms with Crippen molar-refractivity contribution in [1.29, 1.82) is 5.41 Å². The van der Waals surface area contributed by atoms with E-state index in [0.29, 0.717) is 17.8 Å². The fourth-order valence-corrected chi connectivity index (χ4v) is 2.64. The summed E-state index contributed by atoms with van der Waals surface area (Å²) >= 11 is 0. The van der Waals surface area contributed by atoms with E-state index in [4.69, 9.17) is 11.1 Å². The van der Waals surface area contributed by atoms with Gasteiger partial charge in [-0.3, -0.25) is 10.4 Å². The van der Waals surface area contributed by atoms with Crippen LogP contribution >= 0.6 is 0 Å². The first-order valence-electron chi connectivity index (χ1n) is 6.22. The molecule has 0 spiro atoms. The zero-order valence-electron chi connectivity index (χ0n) is 10.5. The van der Waals surface area contributed by atoms with Crippen LogP contribution in [0.4, 0.5) is 5.69 Å². The lowest BCUT2D eigenvalue weighted by atomic mass is 10.1. The SMILES string of the molecule is CCC1CCC(C)N1c1ccc(C(=N)N)nc1. The molecule has 2 rings (SSSR count). The molecule has 1 aliphatic rings. The summed E-state index contributed by atoms with van der Waals surface area (Å²) in [5, 5.41) is 7.33. The predicted molar refractivity (Wildman–Crippen MR) is 70.5 cm³/mol. The van der Waals surface area contributed by atoms with Gasteiger partial charge >= 0.3 is 0 Å². The second-order valence-corrected chi connectivity index (χ2v) is 4.71. The molecule has 2 heterocycles. The zero-order chi connectivity index (χ0) is 12.4. The highest BCUT2D eigenvalue weighted by Gasteiger charge is 2.29. The van der Waals surface area contributed by atoms with E-state index >= 15 is 0 Å². The van der Waals surface area contributed by atoms with Crippen molar-refractivity contribution in [2.45, 2.75) is 45.2 Å². The van der Waals surface area contributed by atoms with Crippen molar-refractivity contribution < 1.29 is 0 Å². The van der Waals surface area contributed by atoms with Crippen molar-refractivity contribution in [1.82, 2.24) is 4.98 Å². The third-order valence-corrected chi connectivity index (χ3v) is 3.58. The average molecular weight is 232 g/mol. The van der Waals surface area contributed by atoms with Gasteiger partial charge in [0.15, 0.2) is 0 Å². The number of aromatic nitrogens is 1. The van der Waals surface area contributed by atoms with Gasteiger partial charge in [0.05, 0.1) is 11.9 Å². The summed E-state index contributed by atoms with van der Waals surface area (Å²) in [6.07, 6.45) is 5.50. The Kier molecular flexibility index (Phi) is 3.31. The maximum absolute atomic E-state index is 7.33. The first kappa shape index (κ1) is 11.9. The van der Waals surface area contributed by atoms with Crippen LogP contribution < -0.4 is 10.6 Å². The monoisotopic (exact) mass is 232 g/mol. The highest BCUT2D eigenvalue weighted by molar-refractivity contribution is 5.93. The molecular weight excluding hydrogens is 212 g/mol. The van der Waals surface area contributed by atoms with Crippen LogP contribution in [-0.2, 0) is 0 Å². The fraction of sp³-hybridized carbons (Fsp3) is 0.538. The maximum atomic E-state index is 7.33. The maximum Gasteiger partial charge on any atom is 0.141 e. The molecule has 1 aromatic heterocycles. The van der Waals surface area contributed by atoms with E-state index in [2.05, 4.69) is 23.7 Å². The van der Waals surface area contributed by atoms with Gasteiger partial charge in [0.25, 0.3) is 0 Å². The summed E-state index contributed by atoms with van der Waals surface area (Å²) in [7, 11) is 0. The number of nitrogens with one attached hydrogen (secondary N) is 1. The van der Waals surface area contributed by atoms with Gasteiger partial charge in [0, 0.05) is 12.1 Å². The Hall–Kier alpha value is -1.58. The Labute approximate surface area is 102 Å². The number of anilines is 1. The molecule has 3 N–H and O–H groups in total. The molecule has 92 valence electrons. The van der Waals surface area contributed by atoms with E-state index in [9.17, 15) is 0 Å². The molecule has 2 atom stereocenters. The van der Waals surface area contributed by atoms with Crippen LogP contribution in [0, 0.1) is 5.41 Å². The van der Waals surface area contributed by atoms with Gasteiger partial charge in [-0.05, 0) is 38.3 Å². The largest absolute Gasteiger partial charge is 0.382 e. The van der Waals surface area contributed by atoms with Gasteiger partial charge in [0.2, 0.25) is 0 Å². The van der Waals surface area contributed by atoms with Gasteiger partial charge in [-0.2, -0.15) is 0 Å². The van der Waals surface area contributed by atoms with Gasteiger partial charge in [-0.15, -0.1) is 0 Å². The van der Waals surface area contributed by atoms with Crippen LogP contribution in [0.1, 0.15) is 38.8 Å². The highest BCUT2D eigenvalue weighted by atomic mass is 15.2. The molecule has 2 unspecified atom stereocenters. The smallest absolute Gasteiger partial charge is 0.141 e.